The van der Waals surface area contributed by atoms with Gasteiger partial charge >= 0.3 is 5.69 Å². The molecule has 0 saturated carbocycles. The molecule has 1 aromatic carbocycles. The number of nitro groups is 1. The maximum Gasteiger partial charge on any atom is 0.310 e. The van der Waals surface area contributed by atoms with E-state index in [2.05, 4.69) is 24.5 Å². The minimum atomic E-state index is -0.689. The van der Waals surface area contributed by atoms with Crippen LogP contribution in [0.5, 0.6) is 5.75 Å². The summed E-state index contributed by atoms with van der Waals surface area (Å²) in [5, 5.41) is 26.4. The lowest BCUT2D eigenvalue weighted by molar-refractivity contribution is -0.385. The number of aromatic hydroxyl groups is 1. The van der Waals surface area contributed by atoms with Crippen molar-refractivity contribution in [2.75, 3.05) is 13.1 Å². The Morgan fingerprint density at radius 1 is 1.55 bits per heavy atom. The van der Waals surface area contributed by atoms with Crippen molar-refractivity contribution in [3.8, 4) is 5.75 Å². The standard InChI is InChI=1S/C15H21N3O4/c1-15(2)6-3-7-16-13(15)9-17-14(20)10-4-5-11(18(21)22)12(19)8-10/h4-5,8,13,16,19H,3,6-7,9H2,1-2H3,(H,17,20). The number of nitrogens with zero attached hydrogens (tertiary/aromatic N) is 1. The minimum Gasteiger partial charge on any atom is -0.502 e. The fourth-order valence-corrected chi connectivity index (χ4v) is 2.74. The van der Waals surface area contributed by atoms with Crippen LogP contribution in [0.1, 0.15) is 37.0 Å². The topological polar surface area (TPSA) is 104 Å². The van der Waals surface area contributed by atoms with E-state index in [0.717, 1.165) is 31.5 Å². The Labute approximate surface area is 128 Å². The Hall–Kier alpha value is -2.15. The summed E-state index contributed by atoms with van der Waals surface area (Å²) < 4.78 is 0. The molecular formula is C15H21N3O4. The van der Waals surface area contributed by atoms with E-state index in [0.29, 0.717) is 6.54 Å². The summed E-state index contributed by atoms with van der Waals surface area (Å²) in [6, 6.07) is 3.77. The minimum absolute atomic E-state index is 0.100. The van der Waals surface area contributed by atoms with E-state index < -0.39 is 16.4 Å². The molecule has 1 fully saturated rings. The molecule has 0 aliphatic carbocycles. The smallest absolute Gasteiger partial charge is 0.310 e. The number of rotatable bonds is 4. The summed E-state index contributed by atoms with van der Waals surface area (Å²) in [5.74, 6) is -0.859. The molecule has 0 radical (unpaired) electrons. The van der Waals surface area contributed by atoms with E-state index >= 15 is 0 Å². The Bertz CT molecular complexity index is 586. The Kier molecular flexibility index (Phi) is 4.65. The molecule has 1 aliphatic heterocycles. The van der Waals surface area contributed by atoms with Crippen LogP contribution in [-0.2, 0) is 0 Å². The Morgan fingerprint density at radius 2 is 2.27 bits per heavy atom. The number of nitrogens with one attached hydrogen (secondary N) is 2. The van der Waals surface area contributed by atoms with E-state index in [1.54, 1.807) is 0 Å². The van der Waals surface area contributed by atoms with E-state index in [1.165, 1.54) is 6.07 Å². The van der Waals surface area contributed by atoms with Gasteiger partial charge in [-0.1, -0.05) is 13.8 Å². The van der Waals surface area contributed by atoms with Gasteiger partial charge in [-0.25, -0.2) is 0 Å². The highest BCUT2D eigenvalue weighted by Crippen LogP contribution is 2.30. The molecule has 1 aromatic rings. The monoisotopic (exact) mass is 307 g/mol. The predicted octanol–water partition coefficient (Wildman–Crippen LogP) is 1.81. The van der Waals surface area contributed by atoms with Crippen molar-refractivity contribution in [2.45, 2.75) is 32.7 Å². The van der Waals surface area contributed by atoms with Crippen LogP contribution in [0.4, 0.5) is 5.69 Å². The van der Waals surface area contributed by atoms with E-state index in [4.69, 9.17) is 0 Å². The molecule has 1 amide bonds. The first-order valence-corrected chi connectivity index (χ1v) is 7.30. The molecule has 1 aliphatic rings. The van der Waals surface area contributed by atoms with Gasteiger partial charge in [0, 0.05) is 24.2 Å². The SMILES string of the molecule is CC1(C)CCCNC1CNC(=O)c1ccc([N+](=O)[O-])c(O)c1. The van der Waals surface area contributed by atoms with Gasteiger partial charge in [0.05, 0.1) is 4.92 Å². The van der Waals surface area contributed by atoms with Crippen molar-refractivity contribution in [3.05, 3.63) is 33.9 Å². The Balaban J connectivity index is 2.00. The van der Waals surface area contributed by atoms with Crippen LogP contribution in [0.2, 0.25) is 0 Å². The third kappa shape index (κ3) is 3.54. The predicted molar refractivity (Wildman–Crippen MR) is 81.9 cm³/mol. The van der Waals surface area contributed by atoms with Crippen molar-refractivity contribution in [1.29, 1.82) is 0 Å². The van der Waals surface area contributed by atoms with Crippen LogP contribution in [0.25, 0.3) is 0 Å². The van der Waals surface area contributed by atoms with Crippen molar-refractivity contribution < 1.29 is 14.8 Å². The normalized spacial score (nSPS) is 20.4. The van der Waals surface area contributed by atoms with Crippen LogP contribution < -0.4 is 10.6 Å². The molecular weight excluding hydrogens is 286 g/mol. The number of nitro benzene ring substituents is 1. The second kappa shape index (κ2) is 6.31. The van der Waals surface area contributed by atoms with Crippen LogP contribution in [0.15, 0.2) is 18.2 Å². The van der Waals surface area contributed by atoms with Crippen LogP contribution >= 0.6 is 0 Å². The van der Waals surface area contributed by atoms with Gasteiger partial charge in [0.2, 0.25) is 0 Å². The third-order valence-electron chi connectivity index (χ3n) is 4.23. The number of phenolic OH excluding ortho intramolecular Hbond substituents is 1. The second-order valence-electron chi connectivity index (χ2n) is 6.27. The van der Waals surface area contributed by atoms with Gasteiger partial charge in [-0.3, -0.25) is 14.9 Å². The van der Waals surface area contributed by atoms with Crippen molar-refractivity contribution >= 4 is 11.6 Å². The zero-order valence-electron chi connectivity index (χ0n) is 12.8. The number of carbonyl (C=O) groups excluding carboxylic acids is 1. The maximum atomic E-state index is 12.1. The summed E-state index contributed by atoms with van der Waals surface area (Å²) in [7, 11) is 0. The molecule has 1 unspecified atom stereocenters. The number of benzene rings is 1. The summed E-state index contributed by atoms with van der Waals surface area (Å²) >= 11 is 0. The van der Waals surface area contributed by atoms with Gasteiger partial charge in [0.1, 0.15) is 0 Å². The highest BCUT2D eigenvalue weighted by molar-refractivity contribution is 5.95. The van der Waals surface area contributed by atoms with Crippen LogP contribution in [-0.4, -0.2) is 35.1 Å². The van der Waals surface area contributed by atoms with Gasteiger partial charge in [0.15, 0.2) is 5.75 Å². The zero-order chi connectivity index (χ0) is 16.3. The van der Waals surface area contributed by atoms with Gasteiger partial charge in [-0.2, -0.15) is 0 Å². The average molecular weight is 307 g/mol. The first-order chi connectivity index (χ1) is 10.3. The number of hydrogen-bond donors (Lipinski definition) is 3. The quantitative estimate of drug-likeness (QED) is 0.581. The lowest BCUT2D eigenvalue weighted by Crippen LogP contribution is -2.52. The third-order valence-corrected chi connectivity index (χ3v) is 4.23. The molecule has 0 bridgehead atoms. The number of piperidine rings is 1. The van der Waals surface area contributed by atoms with E-state index in [9.17, 15) is 20.0 Å². The second-order valence-corrected chi connectivity index (χ2v) is 6.27. The molecule has 3 N–H and O–H groups in total. The molecule has 7 nitrogen and oxygen atoms in total. The summed E-state index contributed by atoms with van der Waals surface area (Å²) in [4.78, 5) is 22.1. The Morgan fingerprint density at radius 3 is 2.86 bits per heavy atom. The highest BCUT2D eigenvalue weighted by atomic mass is 16.6. The molecule has 2 rings (SSSR count). The number of hydrogen-bond acceptors (Lipinski definition) is 5. The molecule has 1 saturated heterocycles. The molecule has 0 spiro atoms. The first-order valence-electron chi connectivity index (χ1n) is 7.30. The van der Waals surface area contributed by atoms with Crippen molar-refractivity contribution in [1.82, 2.24) is 10.6 Å². The number of phenols is 1. The molecule has 1 heterocycles. The summed E-state index contributed by atoms with van der Waals surface area (Å²) in [6.07, 6.45) is 2.21. The van der Waals surface area contributed by atoms with Crippen LogP contribution in [0, 0.1) is 15.5 Å². The molecule has 22 heavy (non-hydrogen) atoms. The van der Waals surface area contributed by atoms with Crippen LogP contribution in [0.3, 0.4) is 0 Å². The largest absolute Gasteiger partial charge is 0.502 e. The van der Waals surface area contributed by atoms with Crippen molar-refractivity contribution in [3.63, 3.8) is 0 Å². The number of amides is 1. The van der Waals surface area contributed by atoms with Gasteiger partial charge in [0.25, 0.3) is 5.91 Å². The van der Waals surface area contributed by atoms with Crippen molar-refractivity contribution in [2.24, 2.45) is 5.41 Å². The first kappa shape index (κ1) is 16.2. The molecule has 7 heteroatoms. The summed E-state index contributed by atoms with van der Waals surface area (Å²) in [5.41, 5.74) is -0.105. The molecule has 0 aromatic heterocycles. The average Bonchev–Trinajstić information content (AvgIpc) is 2.44. The fourth-order valence-electron chi connectivity index (χ4n) is 2.74. The lowest BCUT2D eigenvalue weighted by Gasteiger charge is -2.39. The fraction of sp³-hybridized carbons (Fsp3) is 0.533. The zero-order valence-corrected chi connectivity index (χ0v) is 12.8. The number of carbonyl (C=O) groups is 1. The van der Waals surface area contributed by atoms with E-state index in [-0.39, 0.29) is 22.9 Å². The maximum absolute atomic E-state index is 12.1. The molecule has 1 atom stereocenters. The lowest BCUT2D eigenvalue weighted by atomic mass is 9.77. The van der Waals surface area contributed by atoms with Gasteiger partial charge < -0.3 is 15.7 Å². The molecule has 120 valence electrons. The van der Waals surface area contributed by atoms with E-state index in [1.807, 2.05) is 0 Å². The highest BCUT2D eigenvalue weighted by Gasteiger charge is 2.32. The summed E-state index contributed by atoms with van der Waals surface area (Å²) in [6.45, 7) is 5.73. The van der Waals surface area contributed by atoms with Gasteiger partial charge in [-0.15, -0.1) is 0 Å². The van der Waals surface area contributed by atoms with Gasteiger partial charge in [-0.05, 0) is 36.9 Å².